The Morgan fingerprint density at radius 2 is 1.85 bits per heavy atom. The van der Waals surface area contributed by atoms with Crippen molar-refractivity contribution in [3.8, 4) is 0 Å². The first kappa shape index (κ1) is 13.1. The van der Waals surface area contributed by atoms with Crippen LogP contribution in [0.2, 0.25) is 5.02 Å². The van der Waals surface area contributed by atoms with Gasteiger partial charge in [0.15, 0.2) is 0 Å². The molecule has 1 unspecified atom stereocenters. The van der Waals surface area contributed by atoms with Gasteiger partial charge >= 0.3 is 0 Å². The molecule has 1 atom stereocenters. The second-order valence-electron chi connectivity index (χ2n) is 4.88. The molecule has 3 heteroatoms. The summed E-state index contributed by atoms with van der Waals surface area (Å²) >= 11 is 5.90. The second kappa shape index (κ2) is 5.61. The topological polar surface area (TPSA) is 38.9 Å². The fourth-order valence-electron chi connectivity index (χ4n) is 2.44. The molecule has 0 saturated heterocycles. The lowest BCUT2D eigenvalue weighted by Gasteiger charge is -2.14. The van der Waals surface area contributed by atoms with Gasteiger partial charge in [0.25, 0.3) is 0 Å². The highest BCUT2D eigenvalue weighted by atomic mass is 35.5. The van der Waals surface area contributed by atoms with Crippen LogP contribution in [0.1, 0.15) is 17.2 Å². The lowest BCUT2D eigenvalue weighted by atomic mass is 9.96. The zero-order valence-electron chi connectivity index (χ0n) is 11.0. The van der Waals surface area contributed by atoms with Crippen molar-refractivity contribution in [2.75, 3.05) is 0 Å². The Hall–Kier alpha value is -1.90. The fraction of sp³-hybridized carbons (Fsp3) is 0.118. The molecule has 2 nitrogen and oxygen atoms in total. The molecule has 0 saturated carbocycles. The Labute approximate surface area is 123 Å². The maximum Gasteiger partial charge on any atom is 0.0406 e. The number of rotatable bonds is 3. The predicted molar refractivity (Wildman–Crippen MR) is 83.8 cm³/mol. The third kappa shape index (κ3) is 2.67. The maximum atomic E-state index is 6.37. The van der Waals surface area contributed by atoms with Crippen LogP contribution in [0, 0.1) is 0 Å². The molecule has 2 aromatic carbocycles. The van der Waals surface area contributed by atoms with E-state index in [0.29, 0.717) is 0 Å². The summed E-state index contributed by atoms with van der Waals surface area (Å²) in [5, 5.41) is 3.04. The number of nitrogens with zero attached hydrogens (tertiary/aromatic N) is 1. The van der Waals surface area contributed by atoms with Gasteiger partial charge in [-0.05, 0) is 41.1 Å². The largest absolute Gasteiger partial charge is 0.324 e. The van der Waals surface area contributed by atoms with Gasteiger partial charge in [-0.15, -0.1) is 0 Å². The van der Waals surface area contributed by atoms with E-state index in [2.05, 4.69) is 17.1 Å². The van der Waals surface area contributed by atoms with Crippen molar-refractivity contribution in [3.05, 3.63) is 77.1 Å². The van der Waals surface area contributed by atoms with Crippen molar-refractivity contribution in [1.82, 2.24) is 4.98 Å². The Balaban J connectivity index is 1.92. The summed E-state index contributed by atoms with van der Waals surface area (Å²) < 4.78 is 0. The molecule has 3 aromatic rings. The fourth-order valence-corrected chi connectivity index (χ4v) is 2.57. The SMILES string of the molecule is NC(Cc1ccc(Cl)cc1)c1cccc2ccncc12. The zero-order valence-corrected chi connectivity index (χ0v) is 11.7. The molecule has 0 spiro atoms. The van der Waals surface area contributed by atoms with Gasteiger partial charge in [0.2, 0.25) is 0 Å². The highest BCUT2D eigenvalue weighted by Gasteiger charge is 2.10. The molecular weight excluding hydrogens is 268 g/mol. The van der Waals surface area contributed by atoms with Crippen molar-refractivity contribution >= 4 is 22.4 Å². The number of aromatic nitrogens is 1. The van der Waals surface area contributed by atoms with E-state index in [0.717, 1.165) is 22.4 Å². The first-order chi connectivity index (χ1) is 9.74. The van der Waals surface area contributed by atoms with E-state index in [1.165, 1.54) is 10.9 Å². The quantitative estimate of drug-likeness (QED) is 0.784. The molecule has 2 N–H and O–H groups in total. The third-order valence-electron chi connectivity index (χ3n) is 3.49. The lowest BCUT2D eigenvalue weighted by Crippen LogP contribution is -2.13. The molecule has 20 heavy (non-hydrogen) atoms. The van der Waals surface area contributed by atoms with Crippen LogP contribution in [0.4, 0.5) is 0 Å². The van der Waals surface area contributed by atoms with Gasteiger partial charge in [-0.1, -0.05) is 41.9 Å². The van der Waals surface area contributed by atoms with Crippen molar-refractivity contribution in [3.63, 3.8) is 0 Å². The number of pyridine rings is 1. The Bertz CT molecular complexity index is 717. The number of nitrogens with two attached hydrogens (primary N) is 1. The minimum Gasteiger partial charge on any atom is -0.324 e. The summed E-state index contributed by atoms with van der Waals surface area (Å²) in [5.74, 6) is 0. The number of benzene rings is 2. The molecule has 0 aliphatic heterocycles. The summed E-state index contributed by atoms with van der Waals surface area (Å²) in [5.41, 5.74) is 8.68. The highest BCUT2D eigenvalue weighted by Crippen LogP contribution is 2.25. The van der Waals surface area contributed by atoms with E-state index in [-0.39, 0.29) is 6.04 Å². The second-order valence-corrected chi connectivity index (χ2v) is 5.32. The minimum atomic E-state index is -0.0518. The Morgan fingerprint density at radius 1 is 1.05 bits per heavy atom. The van der Waals surface area contributed by atoms with Gasteiger partial charge in [0.05, 0.1) is 0 Å². The lowest BCUT2D eigenvalue weighted by molar-refractivity contribution is 0.728. The summed E-state index contributed by atoms with van der Waals surface area (Å²) in [6.45, 7) is 0. The van der Waals surface area contributed by atoms with Crippen LogP contribution in [-0.4, -0.2) is 4.98 Å². The van der Waals surface area contributed by atoms with Gasteiger partial charge in [0, 0.05) is 28.8 Å². The smallest absolute Gasteiger partial charge is 0.0406 e. The molecule has 100 valence electrons. The zero-order chi connectivity index (χ0) is 13.9. The van der Waals surface area contributed by atoms with E-state index in [1.54, 1.807) is 6.20 Å². The Kier molecular flexibility index (Phi) is 3.68. The highest BCUT2D eigenvalue weighted by molar-refractivity contribution is 6.30. The molecule has 3 rings (SSSR count). The van der Waals surface area contributed by atoms with E-state index < -0.39 is 0 Å². The van der Waals surface area contributed by atoms with E-state index in [1.807, 2.05) is 42.6 Å². The van der Waals surface area contributed by atoms with Crippen molar-refractivity contribution in [1.29, 1.82) is 0 Å². The number of hydrogen-bond acceptors (Lipinski definition) is 2. The standard InChI is InChI=1S/C17H15ClN2/c18-14-6-4-12(5-7-14)10-17(19)15-3-1-2-13-8-9-20-11-16(13)15/h1-9,11,17H,10,19H2. The average Bonchev–Trinajstić information content (AvgIpc) is 2.49. The molecule has 0 radical (unpaired) electrons. The van der Waals surface area contributed by atoms with Gasteiger partial charge in [-0.25, -0.2) is 0 Å². The number of fused-ring (bicyclic) bond motifs is 1. The van der Waals surface area contributed by atoms with Crippen LogP contribution in [0.3, 0.4) is 0 Å². The molecule has 0 aliphatic rings. The van der Waals surface area contributed by atoms with Gasteiger partial charge in [-0.3, -0.25) is 4.98 Å². The molecular formula is C17H15ClN2. The first-order valence-corrected chi connectivity index (χ1v) is 6.94. The maximum absolute atomic E-state index is 6.37. The van der Waals surface area contributed by atoms with Crippen molar-refractivity contribution in [2.45, 2.75) is 12.5 Å². The minimum absolute atomic E-state index is 0.0518. The normalized spacial score (nSPS) is 12.5. The first-order valence-electron chi connectivity index (χ1n) is 6.57. The number of halogens is 1. The van der Waals surface area contributed by atoms with Crippen LogP contribution >= 0.6 is 11.6 Å². The van der Waals surface area contributed by atoms with Gasteiger partial charge in [-0.2, -0.15) is 0 Å². The average molecular weight is 283 g/mol. The molecule has 1 aromatic heterocycles. The van der Waals surface area contributed by atoms with Crippen LogP contribution in [-0.2, 0) is 6.42 Å². The summed E-state index contributed by atoms with van der Waals surface area (Å²) in [4.78, 5) is 4.20. The van der Waals surface area contributed by atoms with Crippen LogP contribution in [0.5, 0.6) is 0 Å². The third-order valence-corrected chi connectivity index (χ3v) is 3.74. The Morgan fingerprint density at radius 3 is 2.65 bits per heavy atom. The van der Waals surface area contributed by atoms with Crippen LogP contribution < -0.4 is 5.73 Å². The molecule has 0 amide bonds. The summed E-state index contributed by atoms with van der Waals surface area (Å²) in [7, 11) is 0. The van der Waals surface area contributed by atoms with E-state index in [9.17, 15) is 0 Å². The van der Waals surface area contributed by atoms with Crippen molar-refractivity contribution < 1.29 is 0 Å². The molecule has 0 bridgehead atoms. The van der Waals surface area contributed by atoms with Crippen LogP contribution in [0.15, 0.2) is 60.9 Å². The van der Waals surface area contributed by atoms with Crippen LogP contribution in [0.25, 0.3) is 10.8 Å². The van der Waals surface area contributed by atoms with Gasteiger partial charge < -0.3 is 5.73 Å². The molecule has 0 fully saturated rings. The number of hydrogen-bond donors (Lipinski definition) is 1. The van der Waals surface area contributed by atoms with E-state index in [4.69, 9.17) is 17.3 Å². The summed E-state index contributed by atoms with van der Waals surface area (Å²) in [6, 6.07) is 16.0. The molecule has 1 heterocycles. The summed E-state index contributed by atoms with van der Waals surface area (Å²) in [6.07, 6.45) is 4.47. The van der Waals surface area contributed by atoms with E-state index >= 15 is 0 Å². The predicted octanol–water partition coefficient (Wildman–Crippen LogP) is 4.13. The molecule has 0 aliphatic carbocycles. The van der Waals surface area contributed by atoms with Crippen molar-refractivity contribution in [2.24, 2.45) is 5.73 Å². The monoisotopic (exact) mass is 282 g/mol. The van der Waals surface area contributed by atoms with Gasteiger partial charge in [0.1, 0.15) is 0 Å².